The average molecular weight is 321 g/mol. The zero-order valence-corrected chi connectivity index (χ0v) is 13.9. The Hall–Kier alpha value is -2.17. The maximum Gasteiger partial charge on any atom is 0.141 e. The summed E-state index contributed by atoms with van der Waals surface area (Å²) in [6.07, 6.45) is 1.13. The molecule has 2 heterocycles. The minimum absolute atomic E-state index is 0.864. The summed E-state index contributed by atoms with van der Waals surface area (Å²) < 4.78 is 7.80. The maximum atomic E-state index is 5.43. The fourth-order valence-electron chi connectivity index (χ4n) is 3.39. The molecule has 0 aliphatic carbocycles. The molecule has 1 saturated heterocycles. The average Bonchev–Trinajstić information content (AvgIpc) is 3.02. The van der Waals surface area contributed by atoms with Crippen LogP contribution in [0.3, 0.4) is 0 Å². The van der Waals surface area contributed by atoms with Crippen LogP contribution in [0.2, 0.25) is 0 Å². The zero-order chi connectivity index (χ0) is 16.2. The lowest BCUT2D eigenvalue weighted by Crippen LogP contribution is -2.37. The molecule has 0 amide bonds. The number of fused-ring (bicyclic) bond motifs is 1. The fourth-order valence-corrected chi connectivity index (χ4v) is 3.39. The molecule has 0 bridgehead atoms. The van der Waals surface area contributed by atoms with Crippen LogP contribution in [0.1, 0.15) is 6.42 Å². The van der Waals surface area contributed by atoms with Gasteiger partial charge >= 0.3 is 0 Å². The molecule has 1 aliphatic heterocycles. The van der Waals surface area contributed by atoms with Crippen molar-refractivity contribution in [2.75, 3.05) is 32.8 Å². The van der Waals surface area contributed by atoms with E-state index in [4.69, 9.17) is 9.72 Å². The van der Waals surface area contributed by atoms with Gasteiger partial charge in [0, 0.05) is 31.7 Å². The molecule has 4 heteroatoms. The first-order valence-electron chi connectivity index (χ1n) is 8.72. The number of imidazole rings is 1. The first-order chi connectivity index (χ1) is 11.9. The van der Waals surface area contributed by atoms with Crippen LogP contribution in [0, 0.1) is 0 Å². The van der Waals surface area contributed by atoms with Crippen molar-refractivity contribution >= 4 is 11.0 Å². The molecule has 4 nitrogen and oxygen atoms in total. The van der Waals surface area contributed by atoms with Crippen LogP contribution < -0.4 is 0 Å². The molecule has 0 unspecified atom stereocenters. The summed E-state index contributed by atoms with van der Waals surface area (Å²) in [5.74, 6) is 1.07. The molecule has 0 N–H and O–H groups in total. The summed E-state index contributed by atoms with van der Waals surface area (Å²) in [6.45, 7) is 5.94. The van der Waals surface area contributed by atoms with Crippen LogP contribution in [-0.4, -0.2) is 47.3 Å². The van der Waals surface area contributed by atoms with E-state index in [0.29, 0.717) is 0 Å². The van der Waals surface area contributed by atoms with Crippen LogP contribution >= 0.6 is 0 Å². The van der Waals surface area contributed by atoms with Gasteiger partial charge in [0.25, 0.3) is 0 Å². The van der Waals surface area contributed by atoms with Crippen molar-refractivity contribution in [3.8, 4) is 11.4 Å². The molecule has 0 spiro atoms. The predicted octanol–water partition coefficient (Wildman–Crippen LogP) is 3.43. The minimum Gasteiger partial charge on any atom is -0.379 e. The summed E-state index contributed by atoms with van der Waals surface area (Å²) in [7, 11) is 0. The van der Waals surface area contributed by atoms with Gasteiger partial charge in [0.15, 0.2) is 0 Å². The molecule has 0 atom stereocenters. The molecular formula is C20H23N3O. The van der Waals surface area contributed by atoms with Gasteiger partial charge < -0.3 is 9.30 Å². The van der Waals surface area contributed by atoms with E-state index in [2.05, 4.69) is 64.1 Å². The number of rotatable bonds is 5. The lowest BCUT2D eigenvalue weighted by atomic mass is 10.2. The highest BCUT2D eigenvalue weighted by Gasteiger charge is 2.13. The summed E-state index contributed by atoms with van der Waals surface area (Å²) >= 11 is 0. The molecule has 0 radical (unpaired) electrons. The molecule has 2 aromatic carbocycles. The number of hydrogen-bond donors (Lipinski definition) is 0. The highest BCUT2D eigenvalue weighted by molar-refractivity contribution is 5.80. The minimum atomic E-state index is 0.864. The molecular weight excluding hydrogens is 298 g/mol. The third-order valence-corrected chi connectivity index (χ3v) is 4.65. The highest BCUT2D eigenvalue weighted by Crippen LogP contribution is 2.25. The molecule has 3 aromatic rings. The number of morpholine rings is 1. The monoisotopic (exact) mass is 321 g/mol. The van der Waals surface area contributed by atoms with Crippen molar-refractivity contribution in [1.82, 2.24) is 14.5 Å². The highest BCUT2D eigenvalue weighted by atomic mass is 16.5. The Morgan fingerprint density at radius 1 is 0.875 bits per heavy atom. The first-order valence-corrected chi connectivity index (χ1v) is 8.72. The Morgan fingerprint density at radius 3 is 2.46 bits per heavy atom. The Balaban J connectivity index is 1.58. The van der Waals surface area contributed by atoms with Crippen molar-refractivity contribution in [2.24, 2.45) is 0 Å². The lowest BCUT2D eigenvalue weighted by molar-refractivity contribution is 0.0370. The van der Waals surface area contributed by atoms with Gasteiger partial charge in [-0.25, -0.2) is 4.98 Å². The van der Waals surface area contributed by atoms with Crippen LogP contribution in [-0.2, 0) is 11.3 Å². The van der Waals surface area contributed by atoms with Gasteiger partial charge in [-0.05, 0) is 18.6 Å². The number of aryl methyl sites for hydroxylation is 1. The van der Waals surface area contributed by atoms with E-state index in [1.54, 1.807) is 0 Å². The van der Waals surface area contributed by atoms with Gasteiger partial charge in [-0.3, -0.25) is 4.90 Å². The molecule has 1 aromatic heterocycles. The standard InChI is InChI=1S/C20H23N3O/c1-2-7-17(8-3-1)20-21-18-9-4-5-10-19(18)23(20)12-6-11-22-13-15-24-16-14-22/h1-5,7-10H,6,11-16H2. The number of benzene rings is 2. The summed E-state index contributed by atoms with van der Waals surface area (Å²) in [5.41, 5.74) is 3.47. The number of aromatic nitrogens is 2. The maximum absolute atomic E-state index is 5.43. The third kappa shape index (κ3) is 3.21. The number of hydrogen-bond acceptors (Lipinski definition) is 3. The zero-order valence-electron chi connectivity index (χ0n) is 13.9. The molecule has 0 saturated carbocycles. The number of ether oxygens (including phenoxy) is 1. The SMILES string of the molecule is c1ccc(-c2nc3ccccc3n2CCCN2CCOCC2)cc1. The Labute approximate surface area is 142 Å². The second-order valence-corrected chi connectivity index (χ2v) is 6.25. The van der Waals surface area contributed by atoms with E-state index in [0.717, 1.165) is 57.2 Å². The van der Waals surface area contributed by atoms with Gasteiger partial charge in [-0.15, -0.1) is 0 Å². The second kappa shape index (κ2) is 7.16. The van der Waals surface area contributed by atoms with Crippen molar-refractivity contribution in [2.45, 2.75) is 13.0 Å². The Bertz CT molecular complexity index is 791. The second-order valence-electron chi connectivity index (χ2n) is 6.25. The quantitative estimate of drug-likeness (QED) is 0.721. The molecule has 124 valence electrons. The van der Waals surface area contributed by atoms with Crippen LogP contribution in [0.5, 0.6) is 0 Å². The number of nitrogens with zero attached hydrogens (tertiary/aromatic N) is 3. The molecule has 1 fully saturated rings. The van der Waals surface area contributed by atoms with Crippen molar-refractivity contribution in [1.29, 1.82) is 0 Å². The van der Waals surface area contributed by atoms with E-state index < -0.39 is 0 Å². The molecule has 1 aliphatic rings. The van der Waals surface area contributed by atoms with Crippen LogP contribution in [0.25, 0.3) is 22.4 Å². The van der Waals surface area contributed by atoms with Crippen molar-refractivity contribution < 1.29 is 4.74 Å². The van der Waals surface area contributed by atoms with Crippen LogP contribution in [0.15, 0.2) is 54.6 Å². The number of para-hydroxylation sites is 2. The van der Waals surface area contributed by atoms with E-state index in [1.807, 2.05) is 0 Å². The van der Waals surface area contributed by atoms with Crippen molar-refractivity contribution in [3.63, 3.8) is 0 Å². The van der Waals surface area contributed by atoms with Gasteiger partial charge in [0.2, 0.25) is 0 Å². The topological polar surface area (TPSA) is 30.3 Å². The predicted molar refractivity (Wildman–Crippen MR) is 97.0 cm³/mol. The summed E-state index contributed by atoms with van der Waals surface area (Å²) in [4.78, 5) is 7.37. The third-order valence-electron chi connectivity index (χ3n) is 4.65. The lowest BCUT2D eigenvalue weighted by Gasteiger charge is -2.26. The van der Waals surface area contributed by atoms with Gasteiger partial charge in [-0.2, -0.15) is 0 Å². The first kappa shape index (κ1) is 15.4. The van der Waals surface area contributed by atoms with Crippen molar-refractivity contribution in [3.05, 3.63) is 54.6 Å². The molecule has 24 heavy (non-hydrogen) atoms. The Kier molecular flexibility index (Phi) is 4.58. The normalized spacial score (nSPS) is 15.8. The largest absolute Gasteiger partial charge is 0.379 e. The van der Waals surface area contributed by atoms with E-state index >= 15 is 0 Å². The smallest absolute Gasteiger partial charge is 0.141 e. The summed E-state index contributed by atoms with van der Waals surface area (Å²) in [6, 6.07) is 18.9. The van der Waals surface area contributed by atoms with Gasteiger partial charge in [0.05, 0.1) is 24.2 Å². The van der Waals surface area contributed by atoms with E-state index in [1.165, 1.54) is 11.1 Å². The fraction of sp³-hybridized carbons (Fsp3) is 0.350. The van der Waals surface area contributed by atoms with Gasteiger partial charge in [0.1, 0.15) is 5.82 Å². The molecule has 4 rings (SSSR count). The van der Waals surface area contributed by atoms with E-state index in [-0.39, 0.29) is 0 Å². The summed E-state index contributed by atoms with van der Waals surface area (Å²) in [5, 5.41) is 0. The van der Waals surface area contributed by atoms with Crippen LogP contribution in [0.4, 0.5) is 0 Å². The van der Waals surface area contributed by atoms with Gasteiger partial charge in [-0.1, -0.05) is 42.5 Å². The Morgan fingerprint density at radius 2 is 1.62 bits per heavy atom. The van der Waals surface area contributed by atoms with E-state index in [9.17, 15) is 0 Å².